The predicted octanol–water partition coefficient (Wildman–Crippen LogP) is 2.41. The van der Waals surface area contributed by atoms with Crippen LogP contribution in [0.4, 0.5) is 13.2 Å². The van der Waals surface area contributed by atoms with E-state index in [-0.39, 0.29) is 9.71 Å². The van der Waals surface area contributed by atoms with Crippen molar-refractivity contribution in [1.82, 2.24) is 9.88 Å². The van der Waals surface area contributed by atoms with Gasteiger partial charge in [0.25, 0.3) is 5.91 Å². The fourth-order valence-corrected chi connectivity index (χ4v) is 3.39. The van der Waals surface area contributed by atoms with Crippen LogP contribution in [-0.2, 0) is 25.2 Å². The number of fused-ring (bicyclic) bond motifs is 1. The smallest absolute Gasteiger partial charge is 0.433 e. The van der Waals surface area contributed by atoms with E-state index < -0.39 is 42.8 Å². The molecule has 2 rings (SSSR count). The Hall–Kier alpha value is -2.69. The Kier molecular flexibility index (Phi) is 6.04. The van der Waals surface area contributed by atoms with Crippen LogP contribution in [0.5, 0.6) is 0 Å². The molecule has 0 aliphatic heterocycles. The average Bonchev–Trinajstić information content (AvgIpc) is 2.95. The summed E-state index contributed by atoms with van der Waals surface area (Å²) >= 11 is 0.753. The Morgan fingerprint density at radius 3 is 2.15 bits per heavy atom. The molecule has 1 amide bonds. The Labute approximate surface area is 155 Å². The Morgan fingerprint density at radius 2 is 1.67 bits per heavy atom. The molecule has 0 spiro atoms. The van der Waals surface area contributed by atoms with E-state index in [9.17, 15) is 27.6 Å². The maximum absolute atomic E-state index is 12.8. The maximum atomic E-state index is 12.8. The molecule has 2 aromatic heterocycles. The number of ether oxygens (including phenoxy) is 2. The molecule has 0 saturated carbocycles. The SMILES string of the molecule is COC(=O)CN(CC(=O)OC)C(=O)c1sc2nc(C(F)(F)F)ccc2c1C. The third kappa shape index (κ3) is 4.54. The Balaban J connectivity index is 2.44. The second-order valence-electron chi connectivity index (χ2n) is 5.42. The molecule has 2 aromatic rings. The zero-order valence-corrected chi connectivity index (χ0v) is 15.4. The summed E-state index contributed by atoms with van der Waals surface area (Å²) in [6.45, 7) is 0.522. The molecule has 7 nitrogen and oxygen atoms in total. The first-order valence-corrected chi connectivity index (χ1v) is 8.30. The van der Waals surface area contributed by atoms with E-state index in [1.54, 1.807) is 6.92 Å². The summed E-state index contributed by atoms with van der Waals surface area (Å²) in [6.07, 6.45) is -4.61. The molecule has 0 saturated heterocycles. The van der Waals surface area contributed by atoms with Crippen molar-refractivity contribution in [3.8, 4) is 0 Å². The minimum absolute atomic E-state index is 0.0294. The van der Waals surface area contributed by atoms with Gasteiger partial charge in [-0.2, -0.15) is 13.2 Å². The van der Waals surface area contributed by atoms with E-state index in [0.29, 0.717) is 10.9 Å². The van der Waals surface area contributed by atoms with E-state index in [0.717, 1.165) is 36.5 Å². The minimum atomic E-state index is -4.61. The van der Waals surface area contributed by atoms with Crippen LogP contribution in [0.1, 0.15) is 20.9 Å². The first-order valence-electron chi connectivity index (χ1n) is 7.48. The fraction of sp³-hybridized carbons (Fsp3) is 0.375. The number of amides is 1. The summed E-state index contributed by atoms with van der Waals surface area (Å²) in [4.78, 5) is 40.4. The van der Waals surface area contributed by atoms with Gasteiger partial charge in [0.1, 0.15) is 23.6 Å². The highest BCUT2D eigenvalue weighted by atomic mass is 32.1. The first kappa shape index (κ1) is 20.6. The number of aromatic nitrogens is 1. The Morgan fingerprint density at radius 1 is 1.11 bits per heavy atom. The lowest BCUT2D eigenvalue weighted by Gasteiger charge is -2.19. The van der Waals surface area contributed by atoms with Crippen molar-refractivity contribution in [3.63, 3.8) is 0 Å². The number of thiophene rings is 1. The monoisotopic (exact) mass is 404 g/mol. The van der Waals surface area contributed by atoms with Gasteiger partial charge in [0, 0.05) is 5.39 Å². The topological polar surface area (TPSA) is 85.8 Å². The number of hydrogen-bond donors (Lipinski definition) is 0. The molecule has 27 heavy (non-hydrogen) atoms. The molecule has 0 bridgehead atoms. The van der Waals surface area contributed by atoms with Crippen molar-refractivity contribution in [3.05, 3.63) is 28.3 Å². The number of pyridine rings is 1. The standard InChI is InChI=1S/C16H15F3N2O5S/c1-8-9-4-5-10(16(17,18)19)20-14(9)27-13(8)15(24)21(6-11(22)25-2)7-12(23)26-3/h4-5H,6-7H2,1-3H3. The zero-order chi connectivity index (χ0) is 20.4. The van der Waals surface area contributed by atoms with Gasteiger partial charge in [0.15, 0.2) is 0 Å². The van der Waals surface area contributed by atoms with Gasteiger partial charge in [-0.3, -0.25) is 14.4 Å². The number of methoxy groups -OCH3 is 2. The third-order valence-electron chi connectivity index (χ3n) is 3.67. The molecule has 0 N–H and O–H groups in total. The number of aryl methyl sites for hydroxylation is 1. The number of esters is 2. The molecule has 11 heteroatoms. The first-order chi connectivity index (χ1) is 12.6. The lowest BCUT2D eigenvalue weighted by molar-refractivity contribution is -0.144. The molecule has 0 aliphatic carbocycles. The van der Waals surface area contributed by atoms with Gasteiger partial charge in [-0.25, -0.2) is 4.98 Å². The van der Waals surface area contributed by atoms with Crippen LogP contribution in [0.25, 0.3) is 10.2 Å². The molecule has 0 unspecified atom stereocenters. The van der Waals surface area contributed by atoms with Crippen molar-refractivity contribution < 1.29 is 37.0 Å². The number of rotatable bonds is 5. The van der Waals surface area contributed by atoms with Crippen molar-refractivity contribution in [2.75, 3.05) is 27.3 Å². The fourth-order valence-electron chi connectivity index (χ4n) is 2.25. The minimum Gasteiger partial charge on any atom is -0.468 e. The molecule has 0 aliphatic rings. The van der Waals surface area contributed by atoms with Crippen LogP contribution in [0, 0.1) is 6.92 Å². The van der Waals surface area contributed by atoms with Crippen molar-refractivity contribution in [2.24, 2.45) is 0 Å². The summed E-state index contributed by atoms with van der Waals surface area (Å²) in [5.74, 6) is -2.23. The summed E-state index contributed by atoms with van der Waals surface area (Å²) in [6, 6.07) is 2.07. The molecule has 0 atom stereocenters. The van der Waals surface area contributed by atoms with Crippen LogP contribution >= 0.6 is 11.3 Å². The van der Waals surface area contributed by atoms with Gasteiger partial charge in [0.05, 0.1) is 19.1 Å². The number of nitrogens with zero attached hydrogens (tertiary/aromatic N) is 2. The molecule has 0 fully saturated rings. The van der Waals surface area contributed by atoms with Crippen LogP contribution in [0.3, 0.4) is 0 Å². The van der Waals surface area contributed by atoms with E-state index in [1.165, 1.54) is 6.07 Å². The molecular weight excluding hydrogens is 389 g/mol. The maximum Gasteiger partial charge on any atom is 0.433 e. The second-order valence-corrected chi connectivity index (χ2v) is 6.42. The van der Waals surface area contributed by atoms with E-state index in [1.807, 2.05) is 0 Å². The highest BCUT2D eigenvalue weighted by Crippen LogP contribution is 2.34. The summed E-state index contributed by atoms with van der Waals surface area (Å²) in [5, 5.41) is 0.382. The summed E-state index contributed by atoms with van der Waals surface area (Å²) in [5.41, 5.74) is -0.669. The van der Waals surface area contributed by atoms with Gasteiger partial charge in [-0.05, 0) is 24.6 Å². The van der Waals surface area contributed by atoms with Gasteiger partial charge in [0.2, 0.25) is 0 Å². The number of carbonyl (C=O) groups is 3. The number of halogens is 3. The lowest BCUT2D eigenvalue weighted by Crippen LogP contribution is -2.40. The van der Waals surface area contributed by atoms with E-state index in [2.05, 4.69) is 14.5 Å². The second kappa shape index (κ2) is 7.91. The molecule has 146 valence electrons. The zero-order valence-electron chi connectivity index (χ0n) is 14.5. The average molecular weight is 404 g/mol. The van der Waals surface area contributed by atoms with Crippen LogP contribution in [0.2, 0.25) is 0 Å². The third-order valence-corrected chi connectivity index (χ3v) is 4.86. The number of alkyl halides is 3. The number of hydrogen-bond acceptors (Lipinski definition) is 7. The van der Waals surface area contributed by atoms with E-state index >= 15 is 0 Å². The van der Waals surface area contributed by atoms with Crippen LogP contribution in [-0.4, -0.2) is 55.0 Å². The molecular formula is C16H15F3N2O5S. The molecule has 0 aromatic carbocycles. The highest BCUT2D eigenvalue weighted by molar-refractivity contribution is 7.20. The number of carbonyl (C=O) groups excluding carboxylic acids is 3. The largest absolute Gasteiger partial charge is 0.468 e. The quantitative estimate of drug-likeness (QED) is 0.712. The van der Waals surface area contributed by atoms with Gasteiger partial charge < -0.3 is 14.4 Å². The molecule has 2 heterocycles. The highest BCUT2D eigenvalue weighted by Gasteiger charge is 2.33. The van der Waals surface area contributed by atoms with Crippen molar-refractivity contribution in [2.45, 2.75) is 13.1 Å². The van der Waals surface area contributed by atoms with Crippen LogP contribution < -0.4 is 0 Å². The molecule has 0 radical (unpaired) electrons. The van der Waals surface area contributed by atoms with E-state index in [4.69, 9.17) is 0 Å². The van der Waals surface area contributed by atoms with Crippen molar-refractivity contribution in [1.29, 1.82) is 0 Å². The lowest BCUT2D eigenvalue weighted by atomic mass is 10.1. The summed E-state index contributed by atoms with van der Waals surface area (Å²) in [7, 11) is 2.24. The van der Waals surface area contributed by atoms with Gasteiger partial charge >= 0.3 is 18.1 Å². The summed E-state index contributed by atoms with van der Waals surface area (Å²) < 4.78 is 47.5. The predicted molar refractivity (Wildman–Crippen MR) is 89.3 cm³/mol. The Bertz CT molecular complexity index is 876. The van der Waals surface area contributed by atoms with Crippen LogP contribution in [0.15, 0.2) is 12.1 Å². The normalized spacial score (nSPS) is 11.3. The van der Waals surface area contributed by atoms with Crippen molar-refractivity contribution >= 4 is 39.4 Å². The van der Waals surface area contributed by atoms with Gasteiger partial charge in [-0.15, -0.1) is 11.3 Å². The van der Waals surface area contributed by atoms with Gasteiger partial charge in [-0.1, -0.05) is 0 Å².